The van der Waals surface area contributed by atoms with Crippen molar-refractivity contribution >= 4 is 23.2 Å². The molecule has 0 bridgehead atoms. The third-order valence-electron chi connectivity index (χ3n) is 5.06. The van der Waals surface area contributed by atoms with Crippen molar-refractivity contribution in [2.45, 2.75) is 32.2 Å². The van der Waals surface area contributed by atoms with Gasteiger partial charge in [-0.15, -0.1) is 15.3 Å². The summed E-state index contributed by atoms with van der Waals surface area (Å²) < 4.78 is 1.86. The molecule has 9 nitrogen and oxygen atoms in total. The molecule has 1 saturated heterocycles. The third-order valence-corrected chi connectivity index (χ3v) is 5.06. The van der Waals surface area contributed by atoms with E-state index in [0.717, 1.165) is 42.1 Å². The van der Waals surface area contributed by atoms with Crippen LogP contribution in [0, 0.1) is 0 Å². The van der Waals surface area contributed by atoms with E-state index in [-0.39, 0.29) is 5.41 Å². The monoisotopic (exact) mass is 381 g/mol. The van der Waals surface area contributed by atoms with Gasteiger partial charge in [0.25, 0.3) is 0 Å². The van der Waals surface area contributed by atoms with E-state index in [4.69, 9.17) is 5.10 Å². The minimum atomic E-state index is -0.114. The molecular weight excluding hydrogens is 354 g/mol. The van der Waals surface area contributed by atoms with Crippen LogP contribution in [-0.4, -0.2) is 70.1 Å². The maximum absolute atomic E-state index is 4.79. The number of anilines is 3. The first-order valence-corrected chi connectivity index (χ1v) is 9.45. The second-order valence-corrected chi connectivity index (χ2v) is 8.51. The highest BCUT2D eigenvalue weighted by Gasteiger charge is 2.33. The highest BCUT2D eigenvalue weighted by Crippen LogP contribution is 2.26. The fourth-order valence-electron chi connectivity index (χ4n) is 3.22. The highest BCUT2D eigenvalue weighted by atomic mass is 15.4. The summed E-state index contributed by atoms with van der Waals surface area (Å²) in [5.41, 5.74) is 0.661. The van der Waals surface area contributed by atoms with E-state index in [9.17, 15) is 0 Å². The Morgan fingerprint density at radius 2 is 1.79 bits per heavy atom. The molecule has 3 aromatic heterocycles. The van der Waals surface area contributed by atoms with Crippen LogP contribution in [0.2, 0.25) is 0 Å². The van der Waals surface area contributed by atoms with Crippen LogP contribution in [0.15, 0.2) is 24.4 Å². The van der Waals surface area contributed by atoms with E-state index >= 15 is 0 Å². The van der Waals surface area contributed by atoms with Crippen LogP contribution in [0.1, 0.15) is 26.6 Å². The molecule has 4 heterocycles. The Morgan fingerprint density at radius 3 is 2.46 bits per heavy atom. The van der Waals surface area contributed by atoms with Crippen molar-refractivity contribution in [1.82, 2.24) is 29.8 Å². The molecule has 9 heteroatoms. The molecule has 0 atom stereocenters. The second kappa shape index (κ2) is 6.57. The summed E-state index contributed by atoms with van der Waals surface area (Å²) in [6.07, 6.45) is 1.81. The molecule has 0 spiro atoms. The molecule has 0 radical (unpaired) electrons. The molecule has 1 aliphatic rings. The molecule has 3 aromatic rings. The van der Waals surface area contributed by atoms with Crippen molar-refractivity contribution in [3.63, 3.8) is 0 Å². The molecule has 0 saturated carbocycles. The molecule has 0 aromatic carbocycles. The molecule has 0 amide bonds. The Morgan fingerprint density at radius 1 is 1.04 bits per heavy atom. The summed E-state index contributed by atoms with van der Waals surface area (Å²) >= 11 is 0. The number of hydrogen-bond acceptors (Lipinski definition) is 8. The average molecular weight is 381 g/mol. The van der Waals surface area contributed by atoms with Gasteiger partial charge in [0.2, 0.25) is 5.95 Å². The van der Waals surface area contributed by atoms with Crippen molar-refractivity contribution in [3.05, 3.63) is 30.2 Å². The van der Waals surface area contributed by atoms with Gasteiger partial charge in [0, 0.05) is 45.8 Å². The van der Waals surface area contributed by atoms with Crippen molar-refractivity contribution in [1.29, 1.82) is 0 Å². The SMILES string of the molecule is CN(C)c1ccnc(N(C)C2CN(c3ccc4nnc(C(C)(C)C)n4n3)C2)n1. The van der Waals surface area contributed by atoms with E-state index in [1.54, 1.807) is 6.20 Å². The molecule has 28 heavy (non-hydrogen) atoms. The second-order valence-electron chi connectivity index (χ2n) is 8.51. The standard InChI is InChI=1S/C19H27N9/c1-19(2,3)17-23-22-15-7-8-16(24-28(15)17)27-11-13(12-27)26(6)18-20-10-9-14(21-18)25(4)5/h7-10,13H,11-12H2,1-6H3. The van der Waals surface area contributed by atoms with Gasteiger partial charge in [0.1, 0.15) is 11.6 Å². The van der Waals surface area contributed by atoms with Gasteiger partial charge < -0.3 is 14.7 Å². The van der Waals surface area contributed by atoms with Crippen molar-refractivity contribution in [3.8, 4) is 0 Å². The van der Waals surface area contributed by atoms with Gasteiger partial charge in [-0.05, 0) is 18.2 Å². The number of rotatable bonds is 4. The summed E-state index contributed by atoms with van der Waals surface area (Å²) in [4.78, 5) is 15.4. The van der Waals surface area contributed by atoms with Crippen LogP contribution < -0.4 is 14.7 Å². The predicted molar refractivity (Wildman–Crippen MR) is 110 cm³/mol. The summed E-state index contributed by atoms with van der Waals surface area (Å²) in [6, 6.07) is 6.24. The number of aromatic nitrogens is 6. The number of hydrogen-bond donors (Lipinski definition) is 0. The molecule has 4 rings (SSSR count). The van der Waals surface area contributed by atoms with Crippen molar-refractivity contribution < 1.29 is 0 Å². The lowest BCUT2D eigenvalue weighted by Gasteiger charge is -2.44. The number of nitrogens with zero attached hydrogens (tertiary/aromatic N) is 9. The minimum Gasteiger partial charge on any atom is -0.363 e. The smallest absolute Gasteiger partial charge is 0.227 e. The quantitative estimate of drug-likeness (QED) is 0.674. The topological polar surface area (TPSA) is 78.6 Å². The molecule has 0 aliphatic carbocycles. The molecule has 148 valence electrons. The van der Waals surface area contributed by atoms with Crippen LogP contribution >= 0.6 is 0 Å². The van der Waals surface area contributed by atoms with E-state index in [2.05, 4.69) is 50.7 Å². The first-order chi connectivity index (χ1) is 13.2. The van der Waals surface area contributed by atoms with Gasteiger partial charge in [-0.1, -0.05) is 20.8 Å². The van der Waals surface area contributed by atoms with Gasteiger partial charge >= 0.3 is 0 Å². The zero-order chi connectivity index (χ0) is 20.1. The zero-order valence-electron chi connectivity index (χ0n) is 17.3. The molecule has 0 N–H and O–H groups in total. The maximum atomic E-state index is 4.79. The van der Waals surface area contributed by atoms with Gasteiger partial charge in [0.05, 0.1) is 6.04 Å². The van der Waals surface area contributed by atoms with Gasteiger partial charge in [-0.2, -0.15) is 9.50 Å². The molecule has 1 fully saturated rings. The molecule has 1 aliphatic heterocycles. The largest absolute Gasteiger partial charge is 0.363 e. The first-order valence-electron chi connectivity index (χ1n) is 9.45. The normalized spacial score (nSPS) is 15.0. The Kier molecular flexibility index (Phi) is 4.32. The van der Waals surface area contributed by atoms with Crippen LogP contribution in [0.25, 0.3) is 5.65 Å². The van der Waals surface area contributed by atoms with Crippen LogP contribution in [0.4, 0.5) is 17.6 Å². The van der Waals surface area contributed by atoms with E-state index in [1.807, 2.05) is 48.8 Å². The van der Waals surface area contributed by atoms with Crippen LogP contribution in [-0.2, 0) is 5.41 Å². The Labute approximate surface area is 165 Å². The van der Waals surface area contributed by atoms with Crippen LogP contribution in [0.3, 0.4) is 0 Å². The van der Waals surface area contributed by atoms with Gasteiger partial charge in [-0.25, -0.2) is 4.98 Å². The molecule has 0 unspecified atom stereocenters. The van der Waals surface area contributed by atoms with E-state index < -0.39 is 0 Å². The number of likely N-dealkylation sites (N-methyl/N-ethyl adjacent to an activating group) is 1. The third kappa shape index (κ3) is 3.21. The number of fused-ring (bicyclic) bond motifs is 1. The lowest BCUT2D eigenvalue weighted by Crippen LogP contribution is -2.59. The van der Waals surface area contributed by atoms with Gasteiger partial charge in [-0.3, -0.25) is 0 Å². The highest BCUT2D eigenvalue weighted by molar-refractivity contribution is 5.51. The van der Waals surface area contributed by atoms with Crippen LogP contribution in [0.5, 0.6) is 0 Å². The van der Waals surface area contributed by atoms with Gasteiger partial charge in [0.15, 0.2) is 11.5 Å². The fourth-order valence-corrected chi connectivity index (χ4v) is 3.22. The zero-order valence-corrected chi connectivity index (χ0v) is 17.3. The van der Waals surface area contributed by atoms with E-state index in [0.29, 0.717) is 6.04 Å². The fraction of sp³-hybridized carbons (Fsp3) is 0.526. The predicted octanol–water partition coefficient (Wildman–Crippen LogP) is 1.60. The maximum Gasteiger partial charge on any atom is 0.227 e. The van der Waals surface area contributed by atoms with Crippen molar-refractivity contribution in [2.24, 2.45) is 0 Å². The summed E-state index contributed by atoms with van der Waals surface area (Å²) in [7, 11) is 6.01. The summed E-state index contributed by atoms with van der Waals surface area (Å²) in [6.45, 7) is 8.10. The molecular formula is C19H27N9. The lowest BCUT2D eigenvalue weighted by atomic mass is 9.96. The van der Waals surface area contributed by atoms with E-state index in [1.165, 1.54) is 0 Å². The lowest BCUT2D eigenvalue weighted by molar-refractivity contribution is 0.480. The Balaban J connectivity index is 1.50. The average Bonchev–Trinajstić information content (AvgIpc) is 3.04. The summed E-state index contributed by atoms with van der Waals surface area (Å²) in [5.74, 6) is 3.45. The minimum absolute atomic E-state index is 0.114. The Bertz CT molecular complexity index is 982. The Hall–Kier alpha value is -2.97. The van der Waals surface area contributed by atoms with Crippen molar-refractivity contribution in [2.75, 3.05) is 48.9 Å². The summed E-state index contributed by atoms with van der Waals surface area (Å²) in [5, 5.41) is 13.3. The first kappa shape index (κ1) is 18.4.